The standard InChI is InChI=1S/C17H23N3O/c1-6-13-8-17(20-12(5)19-13)21-16-7-11(4)15(18)9-14(16)10(2)3/h7-10H,6,18H2,1-5H3. The predicted octanol–water partition coefficient (Wildman–Crippen LogP) is 4.15. The van der Waals surface area contributed by atoms with Crippen LogP contribution in [0, 0.1) is 13.8 Å². The molecule has 0 saturated carbocycles. The molecule has 112 valence electrons. The van der Waals surface area contributed by atoms with E-state index in [1.54, 1.807) is 0 Å². The van der Waals surface area contributed by atoms with E-state index in [2.05, 4.69) is 30.7 Å². The number of anilines is 1. The highest BCUT2D eigenvalue weighted by molar-refractivity contribution is 5.55. The van der Waals surface area contributed by atoms with Crippen LogP contribution in [0.2, 0.25) is 0 Å². The molecule has 0 saturated heterocycles. The summed E-state index contributed by atoms with van der Waals surface area (Å²) >= 11 is 0. The number of benzene rings is 1. The van der Waals surface area contributed by atoms with Gasteiger partial charge in [0.1, 0.15) is 11.6 Å². The van der Waals surface area contributed by atoms with Gasteiger partial charge in [0.15, 0.2) is 0 Å². The zero-order valence-corrected chi connectivity index (χ0v) is 13.4. The minimum absolute atomic E-state index is 0.330. The quantitative estimate of drug-likeness (QED) is 0.857. The first-order valence-corrected chi connectivity index (χ1v) is 7.33. The van der Waals surface area contributed by atoms with Gasteiger partial charge in [-0.15, -0.1) is 0 Å². The van der Waals surface area contributed by atoms with Crippen molar-refractivity contribution in [2.75, 3.05) is 5.73 Å². The molecule has 1 aromatic heterocycles. The fourth-order valence-corrected chi connectivity index (χ4v) is 2.20. The van der Waals surface area contributed by atoms with Crippen molar-refractivity contribution < 1.29 is 4.74 Å². The molecule has 0 spiro atoms. The number of nitrogen functional groups attached to an aromatic ring is 1. The molecule has 0 amide bonds. The zero-order valence-electron chi connectivity index (χ0n) is 13.4. The Morgan fingerprint density at radius 1 is 1.14 bits per heavy atom. The molecule has 1 heterocycles. The Morgan fingerprint density at radius 2 is 1.86 bits per heavy atom. The molecule has 1 aromatic carbocycles. The van der Waals surface area contributed by atoms with E-state index in [1.165, 1.54) is 0 Å². The summed E-state index contributed by atoms with van der Waals surface area (Å²) in [5, 5.41) is 0. The monoisotopic (exact) mass is 285 g/mol. The molecule has 0 atom stereocenters. The zero-order chi connectivity index (χ0) is 15.6. The molecule has 0 fully saturated rings. The number of aryl methyl sites for hydroxylation is 3. The molecule has 0 aliphatic carbocycles. The maximum Gasteiger partial charge on any atom is 0.222 e. The average molecular weight is 285 g/mol. The first-order chi connectivity index (χ1) is 9.90. The number of ether oxygens (including phenoxy) is 1. The molecular formula is C17H23N3O. The topological polar surface area (TPSA) is 61.0 Å². The lowest BCUT2D eigenvalue weighted by molar-refractivity contribution is 0.450. The third-order valence-electron chi connectivity index (χ3n) is 3.46. The van der Waals surface area contributed by atoms with Gasteiger partial charge in [0, 0.05) is 17.4 Å². The Morgan fingerprint density at radius 3 is 2.48 bits per heavy atom. The third kappa shape index (κ3) is 3.51. The fraction of sp³-hybridized carbons (Fsp3) is 0.412. The average Bonchev–Trinajstić information content (AvgIpc) is 2.41. The maximum atomic E-state index is 6.02. The Balaban J connectivity index is 2.43. The van der Waals surface area contributed by atoms with Gasteiger partial charge in [-0.1, -0.05) is 20.8 Å². The van der Waals surface area contributed by atoms with Gasteiger partial charge in [-0.25, -0.2) is 4.98 Å². The van der Waals surface area contributed by atoms with Crippen LogP contribution in [-0.2, 0) is 6.42 Å². The number of aromatic nitrogens is 2. The molecule has 4 heteroatoms. The van der Waals surface area contributed by atoms with Crippen molar-refractivity contribution in [1.29, 1.82) is 0 Å². The van der Waals surface area contributed by atoms with Crippen LogP contribution in [0.3, 0.4) is 0 Å². The van der Waals surface area contributed by atoms with Gasteiger partial charge >= 0.3 is 0 Å². The second kappa shape index (κ2) is 6.12. The highest BCUT2D eigenvalue weighted by Crippen LogP contribution is 2.33. The summed E-state index contributed by atoms with van der Waals surface area (Å²) in [7, 11) is 0. The van der Waals surface area contributed by atoms with Crippen molar-refractivity contribution in [3.63, 3.8) is 0 Å². The van der Waals surface area contributed by atoms with Gasteiger partial charge in [-0.3, -0.25) is 0 Å². The van der Waals surface area contributed by atoms with Gasteiger partial charge in [-0.05, 0) is 49.4 Å². The van der Waals surface area contributed by atoms with Crippen LogP contribution < -0.4 is 10.5 Å². The number of rotatable bonds is 4. The van der Waals surface area contributed by atoms with Crippen molar-refractivity contribution in [3.8, 4) is 11.6 Å². The Bertz CT molecular complexity index is 651. The summed E-state index contributed by atoms with van der Waals surface area (Å²) < 4.78 is 6.02. The first kappa shape index (κ1) is 15.3. The highest BCUT2D eigenvalue weighted by Gasteiger charge is 2.13. The lowest BCUT2D eigenvalue weighted by Crippen LogP contribution is -2.01. The summed E-state index contributed by atoms with van der Waals surface area (Å²) in [6.07, 6.45) is 0.859. The molecule has 0 bridgehead atoms. The fourth-order valence-electron chi connectivity index (χ4n) is 2.20. The van der Waals surface area contributed by atoms with E-state index in [4.69, 9.17) is 10.5 Å². The van der Waals surface area contributed by atoms with Crippen LogP contribution in [0.25, 0.3) is 0 Å². The van der Waals surface area contributed by atoms with Crippen molar-refractivity contribution >= 4 is 5.69 Å². The minimum Gasteiger partial charge on any atom is -0.439 e. The van der Waals surface area contributed by atoms with Crippen LogP contribution in [0.5, 0.6) is 11.6 Å². The predicted molar refractivity (Wildman–Crippen MR) is 85.9 cm³/mol. The summed E-state index contributed by atoms with van der Waals surface area (Å²) in [5.74, 6) is 2.46. The van der Waals surface area contributed by atoms with Gasteiger partial charge in [0.2, 0.25) is 5.88 Å². The molecule has 4 nitrogen and oxygen atoms in total. The summed E-state index contributed by atoms with van der Waals surface area (Å²) in [4.78, 5) is 8.74. The van der Waals surface area contributed by atoms with Crippen molar-refractivity contribution in [1.82, 2.24) is 9.97 Å². The normalized spacial score (nSPS) is 11.0. The van der Waals surface area contributed by atoms with Gasteiger partial charge in [0.25, 0.3) is 0 Å². The second-order valence-corrected chi connectivity index (χ2v) is 5.60. The van der Waals surface area contributed by atoms with E-state index in [-0.39, 0.29) is 0 Å². The third-order valence-corrected chi connectivity index (χ3v) is 3.46. The van der Waals surface area contributed by atoms with Crippen LogP contribution >= 0.6 is 0 Å². The van der Waals surface area contributed by atoms with E-state index in [9.17, 15) is 0 Å². The van der Waals surface area contributed by atoms with Crippen molar-refractivity contribution in [3.05, 3.63) is 40.8 Å². The first-order valence-electron chi connectivity index (χ1n) is 7.33. The molecule has 0 unspecified atom stereocenters. The molecule has 0 aliphatic rings. The molecule has 21 heavy (non-hydrogen) atoms. The summed E-state index contributed by atoms with van der Waals surface area (Å²) in [5.41, 5.74) is 9.88. The maximum absolute atomic E-state index is 6.02. The van der Waals surface area contributed by atoms with Gasteiger partial charge in [0.05, 0.1) is 0 Å². The largest absolute Gasteiger partial charge is 0.439 e. The van der Waals surface area contributed by atoms with Crippen molar-refractivity contribution in [2.45, 2.75) is 47.0 Å². The SMILES string of the molecule is CCc1cc(Oc2cc(C)c(N)cc2C(C)C)nc(C)n1. The molecule has 2 rings (SSSR count). The molecule has 0 radical (unpaired) electrons. The Kier molecular flexibility index (Phi) is 4.46. The van der Waals surface area contributed by atoms with Crippen LogP contribution in [0.4, 0.5) is 5.69 Å². The highest BCUT2D eigenvalue weighted by atomic mass is 16.5. The minimum atomic E-state index is 0.330. The lowest BCUT2D eigenvalue weighted by atomic mass is 9.99. The number of nitrogens with zero attached hydrogens (tertiary/aromatic N) is 2. The van der Waals surface area contributed by atoms with Gasteiger partial charge in [-0.2, -0.15) is 4.98 Å². The van der Waals surface area contributed by atoms with Crippen LogP contribution in [0.1, 0.15) is 49.3 Å². The van der Waals surface area contributed by atoms with E-state index in [0.717, 1.165) is 40.5 Å². The Hall–Kier alpha value is -2.10. The Labute approximate surface area is 126 Å². The summed E-state index contributed by atoms with van der Waals surface area (Å²) in [6, 6.07) is 5.86. The van der Waals surface area contributed by atoms with E-state index >= 15 is 0 Å². The number of hydrogen-bond acceptors (Lipinski definition) is 4. The molecular weight excluding hydrogens is 262 g/mol. The molecule has 0 aliphatic heterocycles. The van der Waals surface area contributed by atoms with Gasteiger partial charge < -0.3 is 10.5 Å². The molecule has 2 aromatic rings. The lowest BCUT2D eigenvalue weighted by Gasteiger charge is -2.16. The molecule has 2 N–H and O–H groups in total. The second-order valence-electron chi connectivity index (χ2n) is 5.60. The van der Waals surface area contributed by atoms with E-state index < -0.39 is 0 Å². The smallest absolute Gasteiger partial charge is 0.222 e. The van der Waals surface area contributed by atoms with Crippen LogP contribution in [0.15, 0.2) is 18.2 Å². The number of nitrogens with two attached hydrogens (primary N) is 1. The van der Waals surface area contributed by atoms with E-state index in [0.29, 0.717) is 11.8 Å². The number of hydrogen-bond donors (Lipinski definition) is 1. The van der Waals surface area contributed by atoms with Crippen molar-refractivity contribution in [2.24, 2.45) is 0 Å². The van der Waals surface area contributed by atoms with Crippen LogP contribution in [-0.4, -0.2) is 9.97 Å². The van der Waals surface area contributed by atoms with E-state index in [1.807, 2.05) is 32.0 Å². The summed E-state index contributed by atoms with van der Waals surface area (Å²) in [6.45, 7) is 10.2.